The van der Waals surface area contributed by atoms with E-state index in [0.29, 0.717) is 0 Å². The van der Waals surface area contributed by atoms with E-state index in [0.717, 1.165) is 35.7 Å². The summed E-state index contributed by atoms with van der Waals surface area (Å²) in [6, 6.07) is 2.52. The lowest BCUT2D eigenvalue weighted by molar-refractivity contribution is -0.137. The molecule has 0 saturated carbocycles. The van der Waals surface area contributed by atoms with Crippen molar-refractivity contribution in [1.29, 1.82) is 0 Å². The molecule has 0 aliphatic carbocycles. The first kappa shape index (κ1) is 21.8. The Morgan fingerprint density at radius 3 is 2.44 bits per heavy atom. The van der Waals surface area contributed by atoms with Crippen LogP contribution in [0, 0.1) is 0 Å². The maximum atomic E-state index is 12.8. The molecule has 5 nitrogen and oxygen atoms in total. The van der Waals surface area contributed by atoms with Gasteiger partial charge in [0.2, 0.25) is 0 Å². The van der Waals surface area contributed by atoms with Crippen LogP contribution in [0.25, 0.3) is 0 Å². The first-order chi connectivity index (χ1) is 12.2. The van der Waals surface area contributed by atoms with Crippen LogP contribution in [0.2, 0.25) is 5.02 Å². The van der Waals surface area contributed by atoms with Crippen molar-refractivity contribution in [3.05, 3.63) is 45.6 Å². The topological polar surface area (TPSA) is 84.3 Å². The second-order valence-corrected chi connectivity index (χ2v) is 9.98. The molecule has 0 spiro atoms. The third-order valence-corrected chi connectivity index (χ3v) is 7.33. The predicted octanol–water partition coefficient (Wildman–Crippen LogP) is 3.63. The summed E-state index contributed by atoms with van der Waals surface area (Å²) >= 11 is 6.56. The fourth-order valence-electron chi connectivity index (χ4n) is 2.12. The van der Waals surface area contributed by atoms with E-state index >= 15 is 0 Å². The van der Waals surface area contributed by atoms with Gasteiger partial charge in [0.1, 0.15) is 20.6 Å². The van der Waals surface area contributed by atoms with Crippen LogP contribution in [0.15, 0.2) is 28.6 Å². The highest BCUT2D eigenvalue weighted by atomic mass is 35.5. The molecule has 1 heterocycles. The van der Waals surface area contributed by atoms with Gasteiger partial charge in [0.25, 0.3) is 0 Å². The number of rotatable bonds is 6. The minimum atomic E-state index is -4.61. The van der Waals surface area contributed by atoms with Gasteiger partial charge >= 0.3 is 6.18 Å². The number of carbonyl (C=O) groups is 1. The van der Waals surface area contributed by atoms with E-state index in [4.69, 9.17) is 11.6 Å². The molecule has 148 valence electrons. The van der Waals surface area contributed by atoms with Crippen molar-refractivity contribution in [2.24, 2.45) is 0 Å². The molecule has 0 aliphatic heterocycles. The van der Waals surface area contributed by atoms with E-state index in [1.807, 2.05) is 0 Å². The molecule has 1 aromatic carbocycles. The maximum Gasteiger partial charge on any atom is 0.416 e. The summed E-state index contributed by atoms with van der Waals surface area (Å²) in [7, 11) is -4.04. The summed E-state index contributed by atoms with van der Waals surface area (Å²) in [5.74, 6) is -1.72. The number of Topliss-reactive ketones (excluding diaryl/α,β-unsaturated/α-hetero) is 1. The molecule has 1 aromatic heterocycles. The zero-order valence-electron chi connectivity index (χ0n) is 14.2. The summed E-state index contributed by atoms with van der Waals surface area (Å²) in [6.45, 7) is 2.87. The van der Waals surface area contributed by atoms with Crippen molar-refractivity contribution < 1.29 is 31.5 Å². The lowest BCUT2D eigenvalue weighted by Crippen LogP contribution is -2.18. The van der Waals surface area contributed by atoms with Gasteiger partial charge in [-0.3, -0.25) is 4.79 Å². The van der Waals surface area contributed by atoms with E-state index in [1.54, 1.807) is 0 Å². The molecule has 11 heteroatoms. The summed E-state index contributed by atoms with van der Waals surface area (Å²) in [6.07, 6.45) is -4.12. The highest BCUT2D eigenvalue weighted by Gasteiger charge is 2.31. The number of ketones is 1. The number of aliphatic hydroxyl groups is 1. The minimum Gasteiger partial charge on any atom is -0.383 e. The van der Waals surface area contributed by atoms with Crippen LogP contribution in [0.1, 0.15) is 30.0 Å². The fraction of sp³-hybridized carbons (Fsp3) is 0.375. The number of thiazole rings is 1. The van der Waals surface area contributed by atoms with Crippen LogP contribution in [0.5, 0.6) is 0 Å². The van der Waals surface area contributed by atoms with Crippen molar-refractivity contribution in [3.63, 3.8) is 0 Å². The summed E-state index contributed by atoms with van der Waals surface area (Å²) < 4.78 is 62.8. The normalized spacial score (nSPS) is 13.0. The van der Waals surface area contributed by atoms with E-state index < -0.39 is 45.1 Å². The number of sulfone groups is 1. The lowest BCUT2D eigenvalue weighted by Gasteiger charge is -2.12. The van der Waals surface area contributed by atoms with Crippen molar-refractivity contribution >= 4 is 38.6 Å². The Labute approximate surface area is 162 Å². The van der Waals surface area contributed by atoms with Crippen LogP contribution in [-0.2, 0) is 32.8 Å². The number of alkyl halides is 3. The highest BCUT2D eigenvalue weighted by molar-refractivity contribution is 7.94. The van der Waals surface area contributed by atoms with Crippen LogP contribution in [0.3, 0.4) is 0 Å². The van der Waals surface area contributed by atoms with Gasteiger partial charge in [0, 0.05) is 11.4 Å². The van der Waals surface area contributed by atoms with Gasteiger partial charge in [-0.25, -0.2) is 13.4 Å². The average Bonchev–Trinajstić information content (AvgIpc) is 2.98. The third kappa shape index (κ3) is 5.50. The van der Waals surface area contributed by atoms with Crippen LogP contribution in [-0.4, -0.2) is 30.0 Å². The van der Waals surface area contributed by atoms with Crippen LogP contribution in [0.4, 0.5) is 13.2 Å². The monoisotopic (exact) mass is 441 g/mol. The van der Waals surface area contributed by atoms with E-state index in [-0.39, 0.29) is 19.8 Å². The highest BCUT2D eigenvalue weighted by Crippen LogP contribution is 2.32. The Morgan fingerprint density at radius 1 is 1.30 bits per heavy atom. The molecular formula is C16H15ClF3NO4S2. The Bertz CT molecular complexity index is 963. The molecule has 0 unspecified atom stereocenters. The van der Waals surface area contributed by atoms with Gasteiger partial charge < -0.3 is 5.11 Å². The largest absolute Gasteiger partial charge is 0.416 e. The Morgan fingerprint density at radius 2 is 1.93 bits per heavy atom. The zero-order valence-corrected chi connectivity index (χ0v) is 16.6. The van der Waals surface area contributed by atoms with Crippen LogP contribution < -0.4 is 0 Å². The number of hydrogen-bond donors (Lipinski definition) is 1. The molecule has 0 saturated heterocycles. The standard InChI is InChI=1S/C16H15ClF3NO4S2/c1-15(2,23)14-21-7-13(26-14)27(24,25)8-11(22)6-9-5-10(16(18,19)20)3-4-12(9)17/h3-5,7,23H,6,8H2,1-2H3. The van der Waals surface area contributed by atoms with Gasteiger partial charge in [0.15, 0.2) is 15.6 Å². The molecule has 0 radical (unpaired) electrons. The molecule has 0 bridgehead atoms. The lowest BCUT2D eigenvalue weighted by atomic mass is 10.1. The summed E-state index contributed by atoms with van der Waals surface area (Å²) in [4.78, 5) is 16.0. The zero-order chi connectivity index (χ0) is 20.6. The molecule has 2 rings (SSSR count). The molecule has 0 fully saturated rings. The Hall–Kier alpha value is -1.49. The van der Waals surface area contributed by atoms with Crippen molar-refractivity contribution in [1.82, 2.24) is 4.98 Å². The molecule has 0 aliphatic rings. The number of carbonyl (C=O) groups excluding carboxylic acids is 1. The molecule has 27 heavy (non-hydrogen) atoms. The molecule has 0 atom stereocenters. The van der Waals surface area contributed by atoms with Gasteiger partial charge in [-0.15, -0.1) is 11.3 Å². The van der Waals surface area contributed by atoms with Crippen molar-refractivity contribution in [3.8, 4) is 0 Å². The number of aromatic nitrogens is 1. The minimum absolute atomic E-state index is 0.0594. The predicted molar refractivity (Wildman–Crippen MR) is 94.6 cm³/mol. The first-order valence-electron chi connectivity index (χ1n) is 7.49. The summed E-state index contributed by atoms with van der Waals surface area (Å²) in [5, 5.41) is 9.95. The van der Waals surface area contributed by atoms with Gasteiger partial charge in [-0.05, 0) is 37.6 Å². The smallest absolute Gasteiger partial charge is 0.383 e. The number of nitrogens with zero attached hydrogens (tertiary/aromatic N) is 1. The maximum absolute atomic E-state index is 12.8. The molecule has 1 N–H and O–H groups in total. The van der Waals surface area contributed by atoms with E-state index in [1.165, 1.54) is 13.8 Å². The van der Waals surface area contributed by atoms with Crippen molar-refractivity contribution in [2.45, 2.75) is 36.3 Å². The Balaban J connectivity index is 2.19. The van der Waals surface area contributed by atoms with E-state index in [2.05, 4.69) is 4.98 Å². The fourth-order valence-corrected chi connectivity index (χ4v) is 4.76. The van der Waals surface area contributed by atoms with Gasteiger partial charge in [-0.2, -0.15) is 13.2 Å². The molecular weight excluding hydrogens is 427 g/mol. The summed E-state index contributed by atoms with van der Waals surface area (Å²) in [5.41, 5.74) is -2.42. The second-order valence-electron chi connectivity index (χ2n) is 6.32. The number of halogens is 4. The number of hydrogen-bond acceptors (Lipinski definition) is 6. The molecule has 2 aromatic rings. The van der Waals surface area contributed by atoms with Gasteiger partial charge in [0.05, 0.1) is 11.8 Å². The van der Waals surface area contributed by atoms with E-state index in [9.17, 15) is 31.5 Å². The first-order valence-corrected chi connectivity index (χ1v) is 10.3. The van der Waals surface area contributed by atoms with Crippen molar-refractivity contribution in [2.75, 3.05) is 5.75 Å². The molecule has 0 amide bonds. The quantitative estimate of drug-likeness (QED) is 0.740. The Kier molecular flexibility index (Phi) is 6.05. The average molecular weight is 442 g/mol. The SMILES string of the molecule is CC(C)(O)c1ncc(S(=O)(=O)CC(=O)Cc2cc(C(F)(F)F)ccc2Cl)s1. The van der Waals surface area contributed by atoms with Gasteiger partial charge in [-0.1, -0.05) is 11.6 Å². The number of benzene rings is 1. The second kappa shape index (κ2) is 7.50. The van der Waals surface area contributed by atoms with Crippen LogP contribution >= 0.6 is 22.9 Å². The third-order valence-electron chi connectivity index (χ3n) is 3.43.